The number of hydrogen-bond donors (Lipinski definition) is 0. The predicted molar refractivity (Wildman–Crippen MR) is 127 cm³/mol. The van der Waals surface area contributed by atoms with Gasteiger partial charge in [-0.3, -0.25) is 9.59 Å². The molecule has 0 radical (unpaired) electrons. The maximum absolute atomic E-state index is 14.3. The first-order valence-corrected chi connectivity index (χ1v) is 11.2. The quantitative estimate of drug-likeness (QED) is 0.493. The van der Waals surface area contributed by atoms with Crippen molar-refractivity contribution < 1.29 is 23.1 Å². The van der Waals surface area contributed by atoms with Crippen LogP contribution in [0.1, 0.15) is 34.1 Å². The van der Waals surface area contributed by atoms with Gasteiger partial charge in [-0.25, -0.2) is 13.8 Å². The summed E-state index contributed by atoms with van der Waals surface area (Å²) < 4.78 is 34.9. The SMILES string of the molecule is COCCN(CC(=O)N1N=C(c2cccn2C)C[C@@H]1c1ccc(F)cc1)C(=O)c1ccccc1F. The van der Waals surface area contributed by atoms with Crippen LogP contribution in [0.25, 0.3) is 0 Å². The molecule has 2 heterocycles. The molecule has 2 aromatic carbocycles. The summed E-state index contributed by atoms with van der Waals surface area (Å²) >= 11 is 0. The highest BCUT2D eigenvalue weighted by Crippen LogP contribution is 2.33. The fourth-order valence-corrected chi connectivity index (χ4v) is 4.10. The van der Waals surface area contributed by atoms with Crippen molar-refractivity contribution in [2.45, 2.75) is 12.5 Å². The molecule has 9 heteroatoms. The number of aromatic nitrogens is 1. The second kappa shape index (κ2) is 10.6. The molecule has 0 saturated heterocycles. The van der Waals surface area contributed by atoms with Crippen LogP contribution in [0.4, 0.5) is 8.78 Å². The molecule has 2 amide bonds. The number of aryl methyl sites for hydroxylation is 1. The van der Waals surface area contributed by atoms with Crippen molar-refractivity contribution >= 4 is 17.5 Å². The van der Waals surface area contributed by atoms with Gasteiger partial charge >= 0.3 is 0 Å². The first-order chi connectivity index (χ1) is 16.9. The minimum atomic E-state index is -0.665. The summed E-state index contributed by atoms with van der Waals surface area (Å²) in [4.78, 5) is 27.8. The predicted octanol–water partition coefficient (Wildman–Crippen LogP) is 3.77. The molecular weight excluding hydrogens is 454 g/mol. The Balaban J connectivity index is 1.63. The monoisotopic (exact) mass is 480 g/mol. The van der Waals surface area contributed by atoms with E-state index in [1.54, 1.807) is 18.2 Å². The number of hydrogen-bond acceptors (Lipinski definition) is 4. The molecular formula is C26H26F2N4O3. The summed E-state index contributed by atoms with van der Waals surface area (Å²) in [5.74, 6) is -2.10. The number of methoxy groups -OCH3 is 1. The number of benzene rings is 2. The van der Waals surface area contributed by atoms with E-state index in [4.69, 9.17) is 4.74 Å². The molecule has 3 aromatic rings. The number of ether oxygens (including phenoxy) is 1. The van der Waals surface area contributed by atoms with E-state index in [1.165, 1.54) is 47.4 Å². The molecule has 1 atom stereocenters. The fraction of sp³-hybridized carbons (Fsp3) is 0.269. The van der Waals surface area contributed by atoms with Gasteiger partial charge in [-0.15, -0.1) is 0 Å². The Kier molecular flexibility index (Phi) is 7.36. The molecule has 0 unspecified atom stereocenters. The molecule has 0 fully saturated rings. The van der Waals surface area contributed by atoms with Gasteiger partial charge in [0.1, 0.15) is 18.2 Å². The molecule has 0 N–H and O–H groups in total. The molecule has 0 saturated carbocycles. The van der Waals surface area contributed by atoms with Gasteiger partial charge in [0, 0.05) is 33.3 Å². The summed E-state index contributed by atoms with van der Waals surface area (Å²) in [6.45, 7) is -0.0519. The highest BCUT2D eigenvalue weighted by atomic mass is 19.1. The number of amides is 2. The Morgan fingerprint density at radius 1 is 1.09 bits per heavy atom. The van der Waals surface area contributed by atoms with E-state index in [0.29, 0.717) is 12.1 Å². The van der Waals surface area contributed by atoms with Crippen LogP contribution in [0.15, 0.2) is 72.0 Å². The van der Waals surface area contributed by atoms with E-state index in [9.17, 15) is 18.4 Å². The van der Waals surface area contributed by atoms with Gasteiger partial charge in [-0.05, 0) is 42.0 Å². The highest BCUT2D eigenvalue weighted by molar-refractivity contribution is 6.02. The lowest BCUT2D eigenvalue weighted by Crippen LogP contribution is -2.43. The third-order valence-electron chi connectivity index (χ3n) is 5.94. The van der Waals surface area contributed by atoms with E-state index in [2.05, 4.69) is 5.10 Å². The van der Waals surface area contributed by atoms with E-state index in [-0.39, 0.29) is 31.1 Å². The summed E-state index contributed by atoms with van der Waals surface area (Å²) in [5.41, 5.74) is 2.15. The molecule has 0 aliphatic carbocycles. The van der Waals surface area contributed by atoms with E-state index in [0.717, 1.165) is 11.3 Å². The molecule has 0 spiro atoms. The lowest BCUT2D eigenvalue weighted by molar-refractivity contribution is -0.133. The molecule has 1 aromatic heterocycles. The Morgan fingerprint density at radius 2 is 1.83 bits per heavy atom. The average molecular weight is 481 g/mol. The minimum Gasteiger partial charge on any atom is -0.383 e. The molecule has 7 nitrogen and oxygen atoms in total. The molecule has 0 bridgehead atoms. The van der Waals surface area contributed by atoms with Crippen LogP contribution in [0, 0.1) is 11.6 Å². The molecule has 1 aliphatic rings. The Labute approximate surface area is 202 Å². The number of carbonyl (C=O) groups excluding carboxylic acids is 2. The Morgan fingerprint density at radius 3 is 2.49 bits per heavy atom. The second-order valence-electron chi connectivity index (χ2n) is 8.26. The smallest absolute Gasteiger partial charge is 0.262 e. The lowest BCUT2D eigenvalue weighted by atomic mass is 10.0. The summed E-state index contributed by atoms with van der Waals surface area (Å²) in [7, 11) is 3.36. The zero-order valence-electron chi connectivity index (χ0n) is 19.5. The number of nitrogens with zero attached hydrogens (tertiary/aromatic N) is 4. The number of rotatable bonds is 8. The molecule has 35 heavy (non-hydrogen) atoms. The third-order valence-corrected chi connectivity index (χ3v) is 5.94. The maximum Gasteiger partial charge on any atom is 0.262 e. The second-order valence-corrected chi connectivity index (χ2v) is 8.26. The van der Waals surface area contributed by atoms with Crippen LogP contribution in [0.2, 0.25) is 0 Å². The standard InChI is InChI=1S/C26H26F2N4O3/c1-30-13-5-8-23(30)22-16-24(18-9-11-19(27)12-10-18)32(29-22)25(33)17-31(14-15-35-2)26(34)20-6-3-4-7-21(20)28/h3-13,24H,14-17H2,1-2H3/t24-/m1/s1. The molecule has 4 rings (SSSR count). The minimum absolute atomic E-state index is 0.0961. The number of carbonyl (C=O) groups is 2. The number of hydrazone groups is 1. The topological polar surface area (TPSA) is 67.1 Å². The van der Waals surface area contributed by atoms with Crippen LogP contribution in [-0.2, 0) is 16.6 Å². The van der Waals surface area contributed by atoms with Gasteiger partial charge in [0.15, 0.2) is 0 Å². The third kappa shape index (κ3) is 5.30. The summed E-state index contributed by atoms with van der Waals surface area (Å²) in [6.07, 6.45) is 2.31. The average Bonchev–Trinajstić information content (AvgIpc) is 3.48. The van der Waals surface area contributed by atoms with Crippen LogP contribution in [-0.4, -0.2) is 58.8 Å². The fourth-order valence-electron chi connectivity index (χ4n) is 4.10. The zero-order valence-corrected chi connectivity index (χ0v) is 19.5. The number of halogens is 2. The zero-order chi connectivity index (χ0) is 24.9. The van der Waals surface area contributed by atoms with Crippen molar-refractivity contribution in [3.63, 3.8) is 0 Å². The van der Waals surface area contributed by atoms with Crippen molar-refractivity contribution in [2.75, 3.05) is 26.8 Å². The Hall–Kier alpha value is -3.85. The first-order valence-electron chi connectivity index (χ1n) is 11.2. The van der Waals surface area contributed by atoms with Crippen LogP contribution in [0.5, 0.6) is 0 Å². The van der Waals surface area contributed by atoms with Crippen molar-refractivity contribution in [2.24, 2.45) is 12.1 Å². The van der Waals surface area contributed by atoms with Crippen LogP contribution in [0.3, 0.4) is 0 Å². The van der Waals surface area contributed by atoms with Gasteiger partial charge in [0.25, 0.3) is 11.8 Å². The van der Waals surface area contributed by atoms with Gasteiger partial charge < -0.3 is 14.2 Å². The largest absolute Gasteiger partial charge is 0.383 e. The van der Waals surface area contributed by atoms with Crippen LogP contribution < -0.4 is 0 Å². The van der Waals surface area contributed by atoms with Gasteiger partial charge in [0.05, 0.1) is 29.6 Å². The van der Waals surface area contributed by atoms with Gasteiger partial charge in [-0.2, -0.15) is 5.10 Å². The summed E-state index contributed by atoms with van der Waals surface area (Å²) in [5, 5.41) is 5.93. The van der Waals surface area contributed by atoms with Crippen molar-refractivity contribution in [3.8, 4) is 0 Å². The lowest BCUT2D eigenvalue weighted by Gasteiger charge is -2.27. The summed E-state index contributed by atoms with van der Waals surface area (Å²) in [6, 6.07) is 14.9. The first kappa shape index (κ1) is 24.3. The van der Waals surface area contributed by atoms with Gasteiger partial charge in [0.2, 0.25) is 0 Å². The molecule has 1 aliphatic heterocycles. The van der Waals surface area contributed by atoms with Crippen molar-refractivity contribution in [3.05, 3.63) is 95.3 Å². The van der Waals surface area contributed by atoms with E-state index >= 15 is 0 Å². The Bertz CT molecular complexity index is 1240. The maximum atomic E-state index is 14.3. The van der Waals surface area contributed by atoms with E-state index < -0.39 is 23.7 Å². The van der Waals surface area contributed by atoms with Gasteiger partial charge in [-0.1, -0.05) is 24.3 Å². The normalized spacial score (nSPS) is 15.3. The van der Waals surface area contributed by atoms with E-state index in [1.807, 2.05) is 29.9 Å². The highest BCUT2D eigenvalue weighted by Gasteiger charge is 2.35. The van der Waals surface area contributed by atoms with Crippen molar-refractivity contribution in [1.82, 2.24) is 14.5 Å². The van der Waals surface area contributed by atoms with Crippen LogP contribution >= 0.6 is 0 Å². The van der Waals surface area contributed by atoms with Crippen molar-refractivity contribution in [1.29, 1.82) is 0 Å². The molecule has 182 valence electrons.